The fourth-order valence-electron chi connectivity index (χ4n) is 1.50. The van der Waals surface area contributed by atoms with E-state index >= 15 is 0 Å². The van der Waals surface area contributed by atoms with Gasteiger partial charge in [0.05, 0.1) is 11.0 Å². The Morgan fingerprint density at radius 1 is 1.50 bits per heavy atom. The molecular weight excluding hydrogens is 308 g/mol. The second-order valence-corrected chi connectivity index (χ2v) is 6.29. The maximum absolute atomic E-state index is 12.0. The van der Waals surface area contributed by atoms with Gasteiger partial charge in [0.15, 0.2) is 4.90 Å². The van der Waals surface area contributed by atoms with Gasteiger partial charge in [0.2, 0.25) is 10.0 Å². The first kappa shape index (κ1) is 16.8. The van der Waals surface area contributed by atoms with Crippen LogP contribution in [0.2, 0.25) is 5.02 Å². The normalized spacial score (nSPS) is 13.2. The molecule has 0 spiro atoms. The van der Waals surface area contributed by atoms with E-state index in [4.69, 9.17) is 11.6 Å². The number of sulfonamides is 1. The molecule has 20 heavy (non-hydrogen) atoms. The third-order valence-electron chi connectivity index (χ3n) is 2.65. The zero-order valence-electron chi connectivity index (χ0n) is 10.7. The summed E-state index contributed by atoms with van der Waals surface area (Å²) in [6.07, 6.45) is 0.123. The van der Waals surface area contributed by atoms with Crippen LogP contribution in [0.15, 0.2) is 23.1 Å². The highest BCUT2D eigenvalue weighted by Crippen LogP contribution is 2.26. The van der Waals surface area contributed by atoms with Gasteiger partial charge in [-0.25, -0.2) is 13.1 Å². The number of halogens is 1. The number of hydrogen-bond acceptors (Lipinski definition) is 5. The summed E-state index contributed by atoms with van der Waals surface area (Å²) in [4.78, 5) is 9.61. The van der Waals surface area contributed by atoms with Crippen molar-refractivity contribution in [1.29, 1.82) is 0 Å². The van der Waals surface area contributed by atoms with Gasteiger partial charge >= 0.3 is 0 Å². The van der Waals surface area contributed by atoms with Crippen LogP contribution in [0.5, 0.6) is 0 Å². The molecule has 112 valence electrons. The minimum absolute atomic E-state index is 0.00286. The second kappa shape index (κ2) is 6.98. The number of nitro groups is 1. The molecule has 0 aromatic heterocycles. The van der Waals surface area contributed by atoms with Crippen molar-refractivity contribution < 1.29 is 18.4 Å². The van der Waals surface area contributed by atoms with Gasteiger partial charge in [-0.15, -0.1) is 0 Å². The van der Waals surface area contributed by atoms with Crippen LogP contribution < -0.4 is 4.72 Å². The van der Waals surface area contributed by atoms with Crippen LogP contribution in [0.1, 0.15) is 19.8 Å². The molecule has 1 unspecified atom stereocenters. The Morgan fingerprint density at radius 3 is 2.70 bits per heavy atom. The molecule has 1 rings (SSSR count). The Bertz CT molecular complexity index is 590. The fraction of sp³-hybridized carbons (Fsp3) is 0.455. The highest BCUT2D eigenvalue weighted by molar-refractivity contribution is 7.89. The third-order valence-corrected chi connectivity index (χ3v) is 4.39. The van der Waals surface area contributed by atoms with Crippen LogP contribution in [-0.2, 0) is 10.0 Å². The lowest BCUT2D eigenvalue weighted by Gasteiger charge is -2.10. The Hall–Kier alpha value is -1.22. The molecule has 1 aromatic rings. The van der Waals surface area contributed by atoms with E-state index in [1.54, 1.807) is 6.92 Å². The van der Waals surface area contributed by atoms with E-state index in [0.717, 1.165) is 12.1 Å². The summed E-state index contributed by atoms with van der Waals surface area (Å²) < 4.78 is 26.2. The number of hydrogen-bond donors (Lipinski definition) is 2. The standard InChI is InChI=1S/C11H15ClN2O5S/c1-2-9(15)5-6-13-20(18,19)11-4-3-8(12)7-10(11)14(16)17/h3-4,7,9,13,15H,2,5-6H2,1H3. The molecule has 0 aliphatic carbocycles. The van der Waals surface area contributed by atoms with Crippen LogP contribution in [0, 0.1) is 10.1 Å². The second-order valence-electron chi connectivity index (χ2n) is 4.12. The van der Waals surface area contributed by atoms with Gasteiger partial charge in [-0.3, -0.25) is 10.1 Å². The van der Waals surface area contributed by atoms with Gasteiger partial charge in [-0.2, -0.15) is 0 Å². The van der Waals surface area contributed by atoms with E-state index in [2.05, 4.69) is 4.72 Å². The minimum atomic E-state index is -4.02. The molecule has 0 radical (unpaired) electrons. The van der Waals surface area contributed by atoms with E-state index in [9.17, 15) is 23.6 Å². The van der Waals surface area contributed by atoms with E-state index in [1.807, 2.05) is 0 Å². The van der Waals surface area contributed by atoms with Crippen molar-refractivity contribution in [2.24, 2.45) is 0 Å². The number of benzene rings is 1. The SMILES string of the molecule is CCC(O)CCNS(=O)(=O)c1ccc(Cl)cc1[N+](=O)[O-]. The highest BCUT2D eigenvalue weighted by Gasteiger charge is 2.25. The predicted molar refractivity (Wildman–Crippen MR) is 74.2 cm³/mol. The number of nitro benzene ring substituents is 1. The Balaban J connectivity index is 2.95. The zero-order chi connectivity index (χ0) is 15.3. The maximum Gasteiger partial charge on any atom is 0.290 e. The molecule has 0 saturated carbocycles. The van der Waals surface area contributed by atoms with Crippen molar-refractivity contribution in [1.82, 2.24) is 4.72 Å². The molecule has 0 heterocycles. The summed E-state index contributed by atoms with van der Waals surface area (Å²) in [6.45, 7) is 1.76. The quantitative estimate of drug-likeness (QED) is 0.586. The largest absolute Gasteiger partial charge is 0.393 e. The van der Waals surface area contributed by atoms with Crippen molar-refractivity contribution in [3.8, 4) is 0 Å². The van der Waals surface area contributed by atoms with E-state index < -0.39 is 31.6 Å². The van der Waals surface area contributed by atoms with Gasteiger partial charge in [0, 0.05) is 17.6 Å². The molecule has 0 aliphatic heterocycles. The van der Waals surface area contributed by atoms with Crippen molar-refractivity contribution in [3.63, 3.8) is 0 Å². The molecule has 1 aromatic carbocycles. The molecule has 2 N–H and O–H groups in total. The Kier molecular flexibility index (Phi) is 5.88. The Labute approximate surface area is 121 Å². The van der Waals surface area contributed by atoms with Gasteiger partial charge in [0.25, 0.3) is 5.69 Å². The van der Waals surface area contributed by atoms with Crippen molar-refractivity contribution in [3.05, 3.63) is 33.3 Å². The summed E-state index contributed by atoms with van der Waals surface area (Å²) in [7, 11) is -4.02. The van der Waals surface area contributed by atoms with Gasteiger partial charge in [-0.05, 0) is 25.0 Å². The monoisotopic (exact) mass is 322 g/mol. The smallest absolute Gasteiger partial charge is 0.290 e. The number of nitrogens with one attached hydrogen (secondary N) is 1. The molecule has 0 bridgehead atoms. The van der Waals surface area contributed by atoms with Crippen LogP contribution in [-0.4, -0.2) is 31.1 Å². The number of rotatable bonds is 7. The Morgan fingerprint density at radius 2 is 2.15 bits per heavy atom. The summed E-state index contributed by atoms with van der Waals surface area (Å²) in [5.74, 6) is 0. The average molecular weight is 323 g/mol. The number of nitrogens with zero attached hydrogens (tertiary/aromatic N) is 1. The molecule has 0 amide bonds. The first-order valence-electron chi connectivity index (χ1n) is 5.89. The van der Waals surface area contributed by atoms with Gasteiger partial charge in [0.1, 0.15) is 0 Å². The molecule has 0 fully saturated rings. The van der Waals surface area contributed by atoms with Crippen molar-refractivity contribution in [2.75, 3.05) is 6.54 Å². The molecule has 0 aliphatic rings. The van der Waals surface area contributed by atoms with Gasteiger partial charge < -0.3 is 5.11 Å². The van der Waals surface area contributed by atoms with Crippen LogP contribution >= 0.6 is 11.6 Å². The predicted octanol–water partition coefficient (Wildman–Crippen LogP) is 1.69. The first-order chi connectivity index (χ1) is 9.27. The zero-order valence-corrected chi connectivity index (χ0v) is 12.3. The molecule has 0 saturated heterocycles. The lowest BCUT2D eigenvalue weighted by atomic mass is 10.2. The van der Waals surface area contributed by atoms with E-state index in [0.29, 0.717) is 6.42 Å². The third kappa shape index (κ3) is 4.41. The molecule has 7 nitrogen and oxygen atoms in total. The summed E-state index contributed by atoms with van der Waals surface area (Å²) in [5.41, 5.74) is -0.582. The topological polar surface area (TPSA) is 110 Å². The fourth-order valence-corrected chi connectivity index (χ4v) is 2.87. The summed E-state index contributed by atoms with van der Waals surface area (Å²) >= 11 is 5.62. The number of aliphatic hydroxyl groups excluding tert-OH is 1. The first-order valence-corrected chi connectivity index (χ1v) is 7.75. The van der Waals surface area contributed by atoms with Crippen LogP contribution in [0.4, 0.5) is 5.69 Å². The lowest BCUT2D eigenvalue weighted by molar-refractivity contribution is -0.387. The van der Waals surface area contributed by atoms with Crippen LogP contribution in [0.25, 0.3) is 0 Å². The summed E-state index contributed by atoms with van der Waals surface area (Å²) in [6, 6.07) is 3.33. The molecule has 9 heteroatoms. The van der Waals surface area contributed by atoms with Crippen molar-refractivity contribution in [2.45, 2.75) is 30.8 Å². The summed E-state index contributed by atoms with van der Waals surface area (Å²) in [5, 5.41) is 20.3. The lowest BCUT2D eigenvalue weighted by Crippen LogP contribution is -2.27. The maximum atomic E-state index is 12.0. The van der Waals surface area contributed by atoms with Crippen LogP contribution in [0.3, 0.4) is 0 Å². The van der Waals surface area contributed by atoms with E-state index in [-0.39, 0.29) is 18.0 Å². The average Bonchev–Trinajstić information content (AvgIpc) is 2.37. The molecular formula is C11H15ClN2O5S. The van der Waals surface area contributed by atoms with Gasteiger partial charge in [-0.1, -0.05) is 18.5 Å². The minimum Gasteiger partial charge on any atom is -0.393 e. The van der Waals surface area contributed by atoms with Crippen molar-refractivity contribution >= 4 is 27.3 Å². The molecule has 1 atom stereocenters. The van der Waals surface area contributed by atoms with E-state index in [1.165, 1.54) is 6.07 Å². The highest BCUT2D eigenvalue weighted by atomic mass is 35.5. The number of aliphatic hydroxyl groups is 1.